The van der Waals surface area contributed by atoms with Crippen LogP contribution in [0.4, 0.5) is 0 Å². The van der Waals surface area contributed by atoms with Crippen LogP contribution < -0.4 is 20.3 Å². The number of nitrogens with zero attached hydrogens (tertiary/aromatic N) is 3. The van der Waals surface area contributed by atoms with Crippen LogP contribution in [0.15, 0.2) is 70.8 Å². The van der Waals surface area contributed by atoms with E-state index in [2.05, 4.69) is 15.4 Å². The number of benzene rings is 2. The van der Waals surface area contributed by atoms with Gasteiger partial charge in [0.25, 0.3) is 5.56 Å². The Morgan fingerprint density at radius 2 is 1.80 bits per heavy atom. The Hall–Kier alpha value is -3.98. The summed E-state index contributed by atoms with van der Waals surface area (Å²) in [6.07, 6.45) is 0.564. The maximum Gasteiger partial charge on any atom is 0.267 e. The van der Waals surface area contributed by atoms with Gasteiger partial charge in [0.1, 0.15) is 11.0 Å². The van der Waals surface area contributed by atoms with Crippen molar-refractivity contribution in [1.82, 2.24) is 20.1 Å². The smallest absolute Gasteiger partial charge is 0.267 e. The second-order valence-electron chi connectivity index (χ2n) is 7.80. The van der Waals surface area contributed by atoms with E-state index in [-0.39, 0.29) is 11.5 Å². The molecule has 1 N–H and O–H groups in total. The summed E-state index contributed by atoms with van der Waals surface area (Å²) < 4.78 is 11.9. The van der Waals surface area contributed by atoms with E-state index in [1.807, 2.05) is 53.9 Å². The van der Waals surface area contributed by atoms with Crippen molar-refractivity contribution >= 4 is 17.2 Å². The minimum atomic E-state index is -0.746. The lowest BCUT2D eigenvalue weighted by molar-refractivity contribution is -0.124. The van der Waals surface area contributed by atoms with E-state index in [4.69, 9.17) is 9.47 Å². The van der Waals surface area contributed by atoms with Gasteiger partial charge >= 0.3 is 0 Å². The molecular formula is C26H26N4O4S. The third kappa shape index (κ3) is 5.58. The van der Waals surface area contributed by atoms with Gasteiger partial charge in [-0.15, -0.1) is 11.3 Å². The number of methoxy groups -OCH3 is 2. The number of aromatic nitrogens is 3. The summed E-state index contributed by atoms with van der Waals surface area (Å²) in [6, 6.07) is 17.5. The quantitative estimate of drug-likeness (QED) is 0.381. The van der Waals surface area contributed by atoms with Crippen molar-refractivity contribution in [3.05, 3.63) is 82.1 Å². The second-order valence-corrected chi connectivity index (χ2v) is 8.66. The van der Waals surface area contributed by atoms with Gasteiger partial charge in [0, 0.05) is 35.5 Å². The Balaban J connectivity index is 1.38. The minimum absolute atomic E-state index is 0.278. The normalized spacial score (nSPS) is 11.6. The standard InChI is InChI=1S/C26H26N4O4S/c1-17(30-24(31)12-10-21(29-30)18-7-5-4-6-8-18)25(32)27-14-13-20-16-35-26(28-20)19-9-11-22(33-2)23(15-19)34-3/h4-12,15-17H,13-14H2,1-3H3,(H,27,32). The van der Waals surface area contributed by atoms with E-state index in [0.717, 1.165) is 21.8 Å². The molecule has 1 atom stereocenters. The van der Waals surface area contributed by atoms with Crippen LogP contribution in [-0.4, -0.2) is 41.4 Å². The van der Waals surface area contributed by atoms with Crippen LogP contribution in [0.25, 0.3) is 21.8 Å². The lowest BCUT2D eigenvalue weighted by atomic mass is 10.1. The summed E-state index contributed by atoms with van der Waals surface area (Å²) in [5.74, 6) is 1.02. The summed E-state index contributed by atoms with van der Waals surface area (Å²) in [6.45, 7) is 2.06. The number of carbonyl (C=O) groups excluding carboxylic acids is 1. The molecular weight excluding hydrogens is 464 g/mol. The highest BCUT2D eigenvalue weighted by Gasteiger charge is 2.18. The zero-order chi connectivity index (χ0) is 24.8. The van der Waals surface area contributed by atoms with Crippen molar-refractivity contribution in [2.24, 2.45) is 0 Å². The van der Waals surface area contributed by atoms with Gasteiger partial charge in [0.05, 0.1) is 25.6 Å². The topological polar surface area (TPSA) is 95.3 Å². The van der Waals surface area contributed by atoms with Crippen LogP contribution in [0, 0.1) is 0 Å². The molecule has 2 aromatic carbocycles. The molecule has 0 bridgehead atoms. The van der Waals surface area contributed by atoms with Gasteiger partial charge in [-0.05, 0) is 31.2 Å². The summed E-state index contributed by atoms with van der Waals surface area (Å²) in [7, 11) is 3.20. The molecule has 180 valence electrons. The Morgan fingerprint density at radius 1 is 1.03 bits per heavy atom. The molecule has 35 heavy (non-hydrogen) atoms. The molecule has 1 amide bonds. The fourth-order valence-electron chi connectivity index (χ4n) is 3.56. The number of ether oxygens (including phenoxy) is 2. The Bertz CT molecular complexity index is 1370. The van der Waals surface area contributed by atoms with Gasteiger partial charge in [-0.3, -0.25) is 9.59 Å². The highest BCUT2D eigenvalue weighted by Crippen LogP contribution is 2.33. The van der Waals surface area contributed by atoms with Gasteiger partial charge in [-0.1, -0.05) is 30.3 Å². The molecule has 9 heteroatoms. The van der Waals surface area contributed by atoms with Crippen molar-refractivity contribution in [2.45, 2.75) is 19.4 Å². The lowest BCUT2D eigenvalue weighted by Crippen LogP contribution is -2.37. The monoisotopic (exact) mass is 490 g/mol. The SMILES string of the molecule is COc1ccc(-c2nc(CCNC(=O)C(C)n3nc(-c4ccccc4)ccc3=O)cs2)cc1OC. The zero-order valence-electron chi connectivity index (χ0n) is 19.7. The van der Waals surface area contributed by atoms with Gasteiger partial charge < -0.3 is 14.8 Å². The molecule has 1 unspecified atom stereocenters. The van der Waals surface area contributed by atoms with Gasteiger partial charge in [0.2, 0.25) is 5.91 Å². The van der Waals surface area contributed by atoms with E-state index < -0.39 is 6.04 Å². The Morgan fingerprint density at radius 3 is 2.54 bits per heavy atom. The molecule has 2 heterocycles. The van der Waals surface area contributed by atoms with E-state index in [1.54, 1.807) is 27.2 Å². The molecule has 4 rings (SSSR count). The average Bonchev–Trinajstić information content (AvgIpc) is 3.37. The van der Waals surface area contributed by atoms with Gasteiger partial charge in [-0.2, -0.15) is 5.10 Å². The first-order valence-electron chi connectivity index (χ1n) is 11.1. The van der Waals surface area contributed by atoms with Crippen LogP contribution in [0.2, 0.25) is 0 Å². The van der Waals surface area contributed by atoms with Crippen molar-refractivity contribution < 1.29 is 14.3 Å². The Kier molecular flexibility index (Phi) is 7.57. The van der Waals surface area contributed by atoms with Gasteiger partial charge in [0.15, 0.2) is 11.5 Å². The first-order chi connectivity index (χ1) is 17.0. The number of hydrogen-bond acceptors (Lipinski definition) is 7. The number of amides is 1. The first kappa shape index (κ1) is 24.2. The molecule has 0 saturated heterocycles. The van der Waals surface area contributed by atoms with Crippen LogP contribution in [0.1, 0.15) is 18.7 Å². The van der Waals surface area contributed by atoms with E-state index in [0.29, 0.717) is 30.2 Å². The third-order valence-corrected chi connectivity index (χ3v) is 6.44. The van der Waals surface area contributed by atoms with Gasteiger partial charge in [-0.25, -0.2) is 9.67 Å². The number of thiazole rings is 1. The molecule has 0 fully saturated rings. The average molecular weight is 491 g/mol. The largest absolute Gasteiger partial charge is 0.493 e. The summed E-state index contributed by atoms with van der Waals surface area (Å²) in [5.41, 5.74) is 2.98. The van der Waals surface area contributed by atoms with Crippen LogP contribution in [0.3, 0.4) is 0 Å². The molecule has 0 saturated carbocycles. The lowest BCUT2D eigenvalue weighted by Gasteiger charge is -2.15. The molecule has 0 aliphatic rings. The second kappa shape index (κ2) is 11.0. The number of hydrogen-bond donors (Lipinski definition) is 1. The van der Waals surface area contributed by atoms with Crippen LogP contribution in [-0.2, 0) is 11.2 Å². The van der Waals surface area contributed by atoms with Crippen molar-refractivity contribution in [2.75, 3.05) is 20.8 Å². The summed E-state index contributed by atoms with van der Waals surface area (Å²) in [4.78, 5) is 29.8. The third-order valence-electron chi connectivity index (χ3n) is 5.50. The number of carbonyl (C=O) groups is 1. The van der Waals surface area contributed by atoms with E-state index >= 15 is 0 Å². The van der Waals surface area contributed by atoms with Crippen LogP contribution >= 0.6 is 11.3 Å². The number of nitrogens with one attached hydrogen (secondary N) is 1. The van der Waals surface area contributed by atoms with Crippen molar-refractivity contribution in [1.29, 1.82) is 0 Å². The molecule has 0 aliphatic heterocycles. The molecule has 0 radical (unpaired) electrons. The predicted molar refractivity (Wildman–Crippen MR) is 136 cm³/mol. The fraction of sp³-hybridized carbons (Fsp3) is 0.231. The van der Waals surface area contributed by atoms with Crippen molar-refractivity contribution in [3.63, 3.8) is 0 Å². The molecule has 0 aliphatic carbocycles. The fourth-order valence-corrected chi connectivity index (χ4v) is 4.41. The predicted octanol–water partition coefficient (Wildman–Crippen LogP) is 3.97. The van der Waals surface area contributed by atoms with Crippen LogP contribution in [0.5, 0.6) is 11.5 Å². The number of rotatable bonds is 9. The zero-order valence-corrected chi connectivity index (χ0v) is 20.5. The molecule has 4 aromatic rings. The Labute approximate surface area is 207 Å². The summed E-state index contributed by atoms with van der Waals surface area (Å²) >= 11 is 1.52. The first-order valence-corrected chi connectivity index (χ1v) is 12.0. The highest BCUT2D eigenvalue weighted by molar-refractivity contribution is 7.13. The summed E-state index contributed by atoms with van der Waals surface area (Å²) in [5, 5.41) is 10.1. The molecule has 8 nitrogen and oxygen atoms in total. The van der Waals surface area contributed by atoms with E-state index in [1.165, 1.54) is 22.1 Å². The minimum Gasteiger partial charge on any atom is -0.493 e. The van der Waals surface area contributed by atoms with E-state index in [9.17, 15) is 9.59 Å². The van der Waals surface area contributed by atoms with Crippen molar-refractivity contribution in [3.8, 4) is 33.3 Å². The maximum atomic E-state index is 12.7. The molecule has 2 aromatic heterocycles. The highest BCUT2D eigenvalue weighted by atomic mass is 32.1. The molecule has 0 spiro atoms. The maximum absolute atomic E-state index is 12.7.